The topological polar surface area (TPSA) is 87.0 Å². The summed E-state index contributed by atoms with van der Waals surface area (Å²) in [6.45, 7) is 2.13. The third kappa shape index (κ3) is 13.7. The van der Waals surface area contributed by atoms with Gasteiger partial charge in [-0.2, -0.15) is 0 Å². The minimum Gasteiger partial charge on any atom is -0.469 e. The van der Waals surface area contributed by atoms with Crippen LogP contribution in [0.1, 0.15) is 64.7 Å². The highest BCUT2D eigenvalue weighted by Gasteiger charge is 2.21. The minimum absolute atomic E-state index is 0.151. The van der Waals surface area contributed by atoms with Crippen LogP contribution < -0.4 is 0 Å². The number of aliphatic hydroxyl groups is 3. The largest absolute Gasteiger partial charge is 0.469 e. The van der Waals surface area contributed by atoms with Crippen LogP contribution in [0.4, 0.5) is 0 Å². The van der Waals surface area contributed by atoms with Gasteiger partial charge in [-0.05, 0) is 25.7 Å². The summed E-state index contributed by atoms with van der Waals surface area (Å²) in [6.07, 6.45) is 10.4. The van der Waals surface area contributed by atoms with E-state index in [1.807, 2.05) is 12.2 Å². The Hall–Kier alpha value is -1.61. The highest BCUT2D eigenvalue weighted by atomic mass is 16.5. The van der Waals surface area contributed by atoms with Gasteiger partial charge in [0, 0.05) is 19.3 Å². The van der Waals surface area contributed by atoms with E-state index >= 15 is 0 Å². The van der Waals surface area contributed by atoms with Gasteiger partial charge in [0.25, 0.3) is 0 Å². The molecule has 3 N–H and O–H groups in total. The van der Waals surface area contributed by atoms with Crippen molar-refractivity contribution in [3.05, 3.63) is 24.3 Å². The summed E-state index contributed by atoms with van der Waals surface area (Å²) in [6, 6.07) is 0. The Morgan fingerprint density at radius 2 is 1.85 bits per heavy atom. The van der Waals surface area contributed by atoms with E-state index in [1.54, 1.807) is 6.08 Å². The van der Waals surface area contributed by atoms with E-state index in [9.17, 15) is 20.1 Å². The molecule has 0 aliphatic rings. The average molecular weight is 366 g/mol. The second-order valence-corrected chi connectivity index (χ2v) is 6.17. The molecule has 0 aromatic rings. The maximum atomic E-state index is 10.9. The number of methoxy groups -OCH3 is 1. The molecule has 0 aromatic heterocycles. The van der Waals surface area contributed by atoms with E-state index in [0.29, 0.717) is 12.8 Å². The van der Waals surface area contributed by atoms with E-state index in [1.165, 1.54) is 13.2 Å². The van der Waals surface area contributed by atoms with E-state index in [4.69, 9.17) is 0 Å². The number of rotatable bonds is 13. The van der Waals surface area contributed by atoms with Gasteiger partial charge in [0.15, 0.2) is 0 Å². The first-order chi connectivity index (χ1) is 12.5. The number of esters is 1. The standard InChI is InChI=1S/C21H34O5/c1-3-4-5-6-9-12-15-18(22)21(25)19(23)16-13-10-7-8-11-14-17-20(24)26-2/h7-8,13,16,18-19,21-23,25H,3-6,10-11,14-15,17H2,1-2H3/b8-7-,16-13-/t18-,19-,21-/m0/s1. The van der Waals surface area contributed by atoms with Gasteiger partial charge < -0.3 is 20.1 Å². The van der Waals surface area contributed by atoms with Gasteiger partial charge in [0.1, 0.15) is 12.2 Å². The molecule has 0 rings (SSSR count). The molecule has 0 aromatic carbocycles. The molecule has 0 bridgehead atoms. The molecule has 0 heterocycles. The first-order valence-corrected chi connectivity index (χ1v) is 9.41. The van der Waals surface area contributed by atoms with Gasteiger partial charge in [0.2, 0.25) is 0 Å². The van der Waals surface area contributed by atoms with E-state index in [2.05, 4.69) is 23.5 Å². The van der Waals surface area contributed by atoms with Crippen LogP contribution >= 0.6 is 0 Å². The lowest BCUT2D eigenvalue weighted by Gasteiger charge is -2.18. The molecule has 5 nitrogen and oxygen atoms in total. The molecule has 0 radical (unpaired) electrons. The molecule has 0 saturated carbocycles. The van der Waals surface area contributed by atoms with Crippen LogP contribution in [0.2, 0.25) is 0 Å². The second kappa shape index (κ2) is 16.8. The second-order valence-electron chi connectivity index (χ2n) is 6.17. The number of carbonyl (C=O) groups excluding carboxylic acids is 1. The van der Waals surface area contributed by atoms with Gasteiger partial charge in [-0.1, -0.05) is 44.1 Å². The lowest BCUT2D eigenvalue weighted by Crippen LogP contribution is -2.35. The summed E-state index contributed by atoms with van der Waals surface area (Å²) >= 11 is 0. The molecule has 0 aliphatic carbocycles. The van der Waals surface area contributed by atoms with E-state index in [-0.39, 0.29) is 12.4 Å². The number of unbranched alkanes of at least 4 members (excludes halogenated alkanes) is 4. The smallest absolute Gasteiger partial charge is 0.305 e. The fourth-order valence-electron chi connectivity index (χ4n) is 2.17. The van der Waals surface area contributed by atoms with Gasteiger partial charge in [-0.3, -0.25) is 4.79 Å². The van der Waals surface area contributed by atoms with Crippen LogP contribution in [0, 0.1) is 11.8 Å². The molecular formula is C21H34O5. The molecule has 3 atom stereocenters. The van der Waals surface area contributed by atoms with Gasteiger partial charge in [-0.15, -0.1) is 11.8 Å². The molecule has 148 valence electrons. The Balaban J connectivity index is 3.95. The van der Waals surface area contributed by atoms with Crippen LogP contribution in [0.5, 0.6) is 0 Å². The first kappa shape index (κ1) is 24.4. The lowest BCUT2D eigenvalue weighted by molar-refractivity contribution is -0.140. The normalized spacial score (nSPS) is 14.8. The predicted molar refractivity (Wildman–Crippen MR) is 103 cm³/mol. The van der Waals surface area contributed by atoms with Crippen molar-refractivity contribution in [3.63, 3.8) is 0 Å². The molecule has 5 heteroatoms. The van der Waals surface area contributed by atoms with Gasteiger partial charge >= 0.3 is 5.97 Å². The fraction of sp³-hybridized carbons (Fsp3) is 0.667. The lowest BCUT2D eigenvalue weighted by atomic mass is 10.0. The zero-order valence-electron chi connectivity index (χ0n) is 16.1. The molecule has 0 fully saturated rings. The van der Waals surface area contributed by atoms with Gasteiger partial charge in [0.05, 0.1) is 13.2 Å². The number of aliphatic hydroxyl groups excluding tert-OH is 3. The zero-order chi connectivity index (χ0) is 19.6. The Morgan fingerprint density at radius 3 is 2.54 bits per heavy atom. The van der Waals surface area contributed by atoms with Crippen LogP contribution in [0.15, 0.2) is 24.3 Å². The number of hydrogen-bond donors (Lipinski definition) is 3. The van der Waals surface area contributed by atoms with Gasteiger partial charge in [-0.25, -0.2) is 0 Å². The Labute approximate surface area is 157 Å². The van der Waals surface area contributed by atoms with Crippen molar-refractivity contribution in [1.29, 1.82) is 0 Å². The number of allylic oxidation sites excluding steroid dienone is 3. The highest BCUT2D eigenvalue weighted by Crippen LogP contribution is 2.06. The summed E-state index contributed by atoms with van der Waals surface area (Å²) in [5.41, 5.74) is 0. The molecule has 0 amide bonds. The monoisotopic (exact) mass is 366 g/mol. The zero-order valence-corrected chi connectivity index (χ0v) is 16.1. The van der Waals surface area contributed by atoms with Crippen LogP contribution in [0.3, 0.4) is 0 Å². The minimum atomic E-state index is -1.25. The van der Waals surface area contributed by atoms with Crippen molar-refractivity contribution in [2.24, 2.45) is 0 Å². The fourth-order valence-corrected chi connectivity index (χ4v) is 2.17. The van der Waals surface area contributed by atoms with Crippen molar-refractivity contribution >= 4 is 5.97 Å². The van der Waals surface area contributed by atoms with Crippen LogP contribution in [0.25, 0.3) is 0 Å². The predicted octanol–water partition coefficient (Wildman–Crippen LogP) is 2.89. The van der Waals surface area contributed by atoms with Crippen molar-refractivity contribution in [2.75, 3.05) is 7.11 Å². The first-order valence-electron chi connectivity index (χ1n) is 9.41. The summed E-state index contributed by atoms with van der Waals surface area (Å²) in [5.74, 6) is 5.61. The third-order valence-corrected chi connectivity index (χ3v) is 3.84. The Kier molecular flexibility index (Phi) is 15.8. The average Bonchev–Trinajstić information content (AvgIpc) is 2.65. The van der Waals surface area contributed by atoms with Crippen molar-refractivity contribution in [2.45, 2.75) is 83.0 Å². The maximum Gasteiger partial charge on any atom is 0.305 e. The highest BCUT2D eigenvalue weighted by molar-refractivity contribution is 5.69. The number of ether oxygens (including phenoxy) is 1. The SMILES string of the molecule is CCCCCC#CC[C@H](O)[C@H](O)[C@@H](O)/C=C\C/C=C\CCCC(=O)OC. The summed E-state index contributed by atoms with van der Waals surface area (Å²) in [7, 11) is 1.37. The molecule has 0 unspecified atom stereocenters. The van der Waals surface area contributed by atoms with Crippen molar-refractivity contribution in [3.8, 4) is 11.8 Å². The molecular weight excluding hydrogens is 332 g/mol. The molecule has 0 spiro atoms. The van der Waals surface area contributed by atoms with E-state index in [0.717, 1.165) is 38.5 Å². The summed E-state index contributed by atoms with van der Waals surface area (Å²) in [5, 5.41) is 29.6. The van der Waals surface area contributed by atoms with Crippen molar-refractivity contribution in [1.82, 2.24) is 0 Å². The number of hydrogen-bond acceptors (Lipinski definition) is 5. The summed E-state index contributed by atoms with van der Waals surface area (Å²) < 4.78 is 4.56. The van der Waals surface area contributed by atoms with Crippen LogP contribution in [-0.4, -0.2) is 46.7 Å². The van der Waals surface area contributed by atoms with Crippen molar-refractivity contribution < 1.29 is 24.9 Å². The molecule has 0 saturated heterocycles. The quantitative estimate of drug-likeness (QED) is 0.202. The Bertz CT molecular complexity index is 473. The molecule has 0 aliphatic heterocycles. The maximum absolute atomic E-state index is 10.9. The number of carbonyl (C=O) groups is 1. The van der Waals surface area contributed by atoms with Crippen LogP contribution in [-0.2, 0) is 9.53 Å². The molecule has 26 heavy (non-hydrogen) atoms. The Morgan fingerprint density at radius 1 is 1.08 bits per heavy atom. The third-order valence-electron chi connectivity index (χ3n) is 3.84. The van der Waals surface area contributed by atoms with E-state index < -0.39 is 18.3 Å². The summed E-state index contributed by atoms with van der Waals surface area (Å²) in [4.78, 5) is 10.9.